The summed E-state index contributed by atoms with van der Waals surface area (Å²) in [7, 11) is 0. The molecule has 0 saturated carbocycles. The van der Waals surface area contributed by atoms with E-state index >= 15 is 0 Å². The summed E-state index contributed by atoms with van der Waals surface area (Å²) in [6, 6.07) is 13.6. The normalized spacial score (nSPS) is 10.4. The first-order chi connectivity index (χ1) is 8.69. The van der Waals surface area contributed by atoms with Crippen LogP contribution in [0.15, 0.2) is 46.9 Å². The Bertz CT molecular complexity index is 545. The molecule has 94 valence electrons. The van der Waals surface area contributed by atoms with Crippen LogP contribution in [0.2, 0.25) is 5.02 Å². The number of hydrogen-bond acceptors (Lipinski definition) is 2. The Morgan fingerprint density at radius 2 is 2.00 bits per heavy atom. The molecule has 0 saturated heterocycles. The molecule has 0 spiro atoms. The Morgan fingerprint density at radius 1 is 1.17 bits per heavy atom. The van der Waals surface area contributed by atoms with Crippen LogP contribution in [-0.4, -0.2) is 0 Å². The van der Waals surface area contributed by atoms with Gasteiger partial charge in [-0.05, 0) is 35.4 Å². The van der Waals surface area contributed by atoms with Crippen molar-refractivity contribution in [2.45, 2.75) is 13.2 Å². The SMILES string of the molecule is NCc1ccc(OCc2cccc(Br)c2)cc1Cl. The van der Waals surface area contributed by atoms with Crippen LogP contribution in [0.1, 0.15) is 11.1 Å². The van der Waals surface area contributed by atoms with E-state index in [1.54, 1.807) is 6.07 Å². The Hall–Kier alpha value is -1.03. The molecule has 2 rings (SSSR count). The summed E-state index contributed by atoms with van der Waals surface area (Å²) >= 11 is 9.50. The van der Waals surface area contributed by atoms with E-state index < -0.39 is 0 Å². The van der Waals surface area contributed by atoms with Crippen molar-refractivity contribution >= 4 is 27.5 Å². The van der Waals surface area contributed by atoms with Crippen LogP contribution >= 0.6 is 27.5 Å². The standard InChI is InChI=1S/C14H13BrClNO/c15-12-3-1-2-10(6-12)9-18-13-5-4-11(8-17)14(16)7-13/h1-7H,8-9,17H2. The highest BCUT2D eigenvalue weighted by atomic mass is 79.9. The minimum Gasteiger partial charge on any atom is -0.489 e. The fourth-order valence-electron chi connectivity index (χ4n) is 1.58. The average molecular weight is 327 g/mol. The third-order valence-corrected chi connectivity index (χ3v) is 3.38. The third kappa shape index (κ3) is 3.48. The molecule has 0 heterocycles. The fraction of sp³-hybridized carbons (Fsp3) is 0.143. The minimum atomic E-state index is 0.435. The van der Waals surface area contributed by atoms with Gasteiger partial charge in [-0.2, -0.15) is 0 Å². The lowest BCUT2D eigenvalue weighted by atomic mass is 10.2. The summed E-state index contributed by atoms with van der Waals surface area (Å²) in [6.07, 6.45) is 0. The van der Waals surface area contributed by atoms with Gasteiger partial charge in [0.1, 0.15) is 12.4 Å². The maximum absolute atomic E-state index is 6.07. The van der Waals surface area contributed by atoms with Crippen molar-refractivity contribution in [1.29, 1.82) is 0 Å². The Labute approximate surface area is 120 Å². The van der Waals surface area contributed by atoms with E-state index in [2.05, 4.69) is 15.9 Å². The zero-order chi connectivity index (χ0) is 13.0. The fourth-order valence-corrected chi connectivity index (χ4v) is 2.27. The Balaban J connectivity index is 2.04. The van der Waals surface area contributed by atoms with Gasteiger partial charge < -0.3 is 10.5 Å². The summed E-state index contributed by atoms with van der Waals surface area (Å²) in [5, 5.41) is 0.643. The summed E-state index contributed by atoms with van der Waals surface area (Å²) in [6.45, 7) is 0.947. The van der Waals surface area contributed by atoms with Gasteiger partial charge in [0.2, 0.25) is 0 Å². The lowest BCUT2D eigenvalue weighted by Crippen LogP contribution is -1.99. The first-order valence-electron chi connectivity index (χ1n) is 5.55. The number of ether oxygens (including phenoxy) is 1. The smallest absolute Gasteiger partial charge is 0.121 e. The molecule has 2 N–H and O–H groups in total. The van der Waals surface area contributed by atoms with Crippen molar-refractivity contribution in [3.8, 4) is 5.75 Å². The van der Waals surface area contributed by atoms with Gasteiger partial charge in [-0.25, -0.2) is 0 Å². The van der Waals surface area contributed by atoms with Crippen molar-refractivity contribution in [3.63, 3.8) is 0 Å². The number of rotatable bonds is 4. The second-order valence-electron chi connectivity index (χ2n) is 3.88. The molecule has 0 unspecified atom stereocenters. The quantitative estimate of drug-likeness (QED) is 0.916. The van der Waals surface area contributed by atoms with Crippen LogP contribution in [0, 0.1) is 0 Å². The summed E-state index contributed by atoms with van der Waals surface area (Å²) in [5.74, 6) is 0.747. The van der Waals surface area contributed by atoms with Crippen LogP contribution in [0.4, 0.5) is 0 Å². The molecule has 0 aliphatic rings. The summed E-state index contributed by atoms with van der Waals surface area (Å²) in [4.78, 5) is 0. The topological polar surface area (TPSA) is 35.2 Å². The molecule has 0 radical (unpaired) electrons. The predicted molar refractivity (Wildman–Crippen MR) is 77.8 cm³/mol. The Kier molecular flexibility index (Phi) is 4.64. The van der Waals surface area contributed by atoms with Crippen LogP contribution in [0.25, 0.3) is 0 Å². The molecule has 0 aliphatic carbocycles. The van der Waals surface area contributed by atoms with Gasteiger partial charge >= 0.3 is 0 Å². The van der Waals surface area contributed by atoms with E-state index in [-0.39, 0.29) is 0 Å². The molecule has 0 bridgehead atoms. The molecule has 0 amide bonds. The van der Waals surface area contributed by atoms with Crippen molar-refractivity contribution in [2.75, 3.05) is 0 Å². The molecule has 4 heteroatoms. The molecule has 0 fully saturated rings. The molecule has 18 heavy (non-hydrogen) atoms. The van der Waals surface area contributed by atoms with Crippen molar-refractivity contribution in [1.82, 2.24) is 0 Å². The van der Waals surface area contributed by atoms with E-state index in [1.807, 2.05) is 36.4 Å². The van der Waals surface area contributed by atoms with Gasteiger partial charge in [0, 0.05) is 16.0 Å². The van der Waals surface area contributed by atoms with Gasteiger partial charge in [0.25, 0.3) is 0 Å². The number of benzene rings is 2. The largest absolute Gasteiger partial charge is 0.489 e. The summed E-state index contributed by atoms with van der Waals surface area (Å²) < 4.78 is 6.72. The van der Waals surface area contributed by atoms with Crippen molar-refractivity contribution in [2.24, 2.45) is 5.73 Å². The third-order valence-electron chi connectivity index (χ3n) is 2.54. The summed E-state index contributed by atoms with van der Waals surface area (Å²) in [5.41, 5.74) is 7.57. The van der Waals surface area contributed by atoms with E-state index in [1.165, 1.54) is 0 Å². The molecular weight excluding hydrogens is 314 g/mol. The molecule has 0 aromatic heterocycles. The van der Waals surface area contributed by atoms with Crippen LogP contribution < -0.4 is 10.5 Å². The van der Waals surface area contributed by atoms with Gasteiger partial charge in [0.15, 0.2) is 0 Å². The highest BCUT2D eigenvalue weighted by Gasteiger charge is 2.02. The van der Waals surface area contributed by atoms with Gasteiger partial charge in [0.05, 0.1) is 0 Å². The van der Waals surface area contributed by atoms with Crippen LogP contribution in [0.5, 0.6) is 5.75 Å². The number of nitrogens with two attached hydrogens (primary N) is 1. The number of hydrogen-bond donors (Lipinski definition) is 1. The zero-order valence-corrected chi connectivity index (χ0v) is 12.0. The monoisotopic (exact) mass is 325 g/mol. The van der Waals surface area contributed by atoms with E-state index in [9.17, 15) is 0 Å². The number of halogens is 2. The van der Waals surface area contributed by atoms with Crippen molar-refractivity contribution in [3.05, 3.63) is 63.1 Å². The molecule has 2 aromatic carbocycles. The lowest BCUT2D eigenvalue weighted by Gasteiger charge is -2.08. The van der Waals surface area contributed by atoms with Crippen LogP contribution in [0.3, 0.4) is 0 Å². The van der Waals surface area contributed by atoms with E-state index in [0.29, 0.717) is 18.2 Å². The molecule has 2 aromatic rings. The lowest BCUT2D eigenvalue weighted by molar-refractivity contribution is 0.306. The van der Waals surface area contributed by atoms with Crippen molar-refractivity contribution < 1.29 is 4.74 Å². The first-order valence-corrected chi connectivity index (χ1v) is 6.72. The van der Waals surface area contributed by atoms with E-state index in [0.717, 1.165) is 21.3 Å². The van der Waals surface area contributed by atoms with Crippen LogP contribution in [-0.2, 0) is 13.2 Å². The van der Waals surface area contributed by atoms with Gasteiger partial charge in [-0.15, -0.1) is 0 Å². The molecule has 0 atom stereocenters. The maximum atomic E-state index is 6.07. The highest BCUT2D eigenvalue weighted by molar-refractivity contribution is 9.10. The first kappa shape index (κ1) is 13.4. The molecule has 0 aliphatic heterocycles. The second kappa shape index (κ2) is 6.23. The second-order valence-corrected chi connectivity index (χ2v) is 5.20. The molecular formula is C14H13BrClNO. The highest BCUT2D eigenvalue weighted by Crippen LogP contribution is 2.23. The zero-order valence-electron chi connectivity index (χ0n) is 9.70. The predicted octanol–water partition coefficient (Wildman–Crippen LogP) is 4.14. The van der Waals surface area contributed by atoms with E-state index in [4.69, 9.17) is 22.1 Å². The molecule has 2 nitrogen and oxygen atoms in total. The van der Waals surface area contributed by atoms with Gasteiger partial charge in [-0.3, -0.25) is 0 Å². The Morgan fingerprint density at radius 3 is 2.67 bits per heavy atom. The average Bonchev–Trinajstić information content (AvgIpc) is 2.37. The minimum absolute atomic E-state index is 0.435. The van der Waals surface area contributed by atoms with Gasteiger partial charge in [-0.1, -0.05) is 45.7 Å². The maximum Gasteiger partial charge on any atom is 0.121 e.